The van der Waals surface area contributed by atoms with Crippen LogP contribution in [0.25, 0.3) is 0 Å². The van der Waals surface area contributed by atoms with E-state index < -0.39 is 17.7 Å². The highest BCUT2D eigenvalue weighted by Crippen LogP contribution is 2.35. The largest absolute Gasteiger partial charge is 0.487 e. The van der Waals surface area contributed by atoms with E-state index in [1.165, 1.54) is 6.07 Å². The Bertz CT molecular complexity index is 861. The molecular formula is C19H14ClF3O3. The summed E-state index contributed by atoms with van der Waals surface area (Å²) in [5.74, 6) is -0.466. The number of carbonyl (C=O) groups excluding carboxylic acids is 2. The molecule has 0 bridgehead atoms. The molecule has 7 heteroatoms. The Morgan fingerprint density at radius 2 is 1.88 bits per heavy atom. The summed E-state index contributed by atoms with van der Waals surface area (Å²) in [4.78, 5) is 23.3. The third-order valence-electron chi connectivity index (χ3n) is 4.20. The van der Waals surface area contributed by atoms with Crippen molar-refractivity contribution in [2.45, 2.75) is 31.5 Å². The van der Waals surface area contributed by atoms with Crippen LogP contribution in [0.1, 0.15) is 35.4 Å². The summed E-state index contributed by atoms with van der Waals surface area (Å²) in [6, 6.07) is 9.95. The van der Waals surface area contributed by atoms with Crippen molar-refractivity contribution >= 4 is 23.2 Å². The molecule has 0 aromatic heterocycles. The monoisotopic (exact) mass is 382 g/mol. The maximum atomic E-state index is 12.7. The van der Waals surface area contributed by atoms with E-state index in [4.69, 9.17) is 16.3 Å². The molecule has 0 spiro atoms. The molecule has 26 heavy (non-hydrogen) atoms. The van der Waals surface area contributed by atoms with Gasteiger partial charge in [0.1, 0.15) is 23.9 Å². The Morgan fingerprint density at radius 1 is 1.12 bits per heavy atom. The van der Waals surface area contributed by atoms with E-state index in [0.717, 1.165) is 23.3 Å². The van der Waals surface area contributed by atoms with Gasteiger partial charge in [-0.2, -0.15) is 13.2 Å². The molecule has 2 aromatic carbocycles. The molecule has 3 nitrogen and oxygen atoms in total. The molecule has 1 saturated carbocycles. The molecule has 1 aliphatic rings. The van der Waals surface area contributed by atoms with Crippen LogP contribution in [0.4, 0.5) is 13.2 Å². The first-order valence-corrected chi connectivity index (χ1v) is 8.24. The number of halogens is 4. The molecule has 3 rings (SSSR count). The zero-order chi connectivity index (χ0) is 18.9. The Hall–Kier alpha value is -2.34. The van der Waals surface area contributed by atoms with Gasteiger partial charge in [-0.25, -0.2) is 0 Å². The molecule has 0 N–H and O–H groups in total. The topological polar surface area (TPSA) is 43.4 Å². The second-order valence-electron chi connectivity index (χ2n) is 6.12. The second kappa shape index (κ2) is 7.11. The maximum absolute atomic E-state index is 12.7. The fourth-order valence-corrected chi connectivity index (χ4v) is 3.12. The van der Waals surface area contributed by atoms with Crippen LogP contribution in [0, 0.1) is 0 Å². The van der Waals surface area contributed by atoms with E-state index in [9.17, 15) is 22.8 Å². The summed E-state index contributed by atoms with van der Waals surface area (Å²) in [5.41, 5.74) is 0.618. The SMILES string of the molecule is O=C1CC(=O)C(c2cccc(COc3ccc(C(F)(F)F)cc3Cl)c2)C1. The summed E-state index contributed by atoms with van der Waals surface area (Å²) >= 11 is 5.86. The number of ketones is 2. The van der Waals surface area contributed by atoms with Gasteiger partial charge in [-0.3, -0.25) is 9.59 Å². The van der Waals surface area contributed by atoms with Gasteiger partial charge >= 0.3 is 6.18 Å². The molecule has 0 heterocycles. The first-order valence-electron chi connectivity index (χ1n) is 7.87. The van der Waals surface area contributed by atoms with Gasteiger partial charge in [0, 0.05) is 6.42 Å². The lowest BCUT2D eigenvalue weighted by Crippen LogP contribution is -2.06. The third kappa shape index (κ3) is 4.07. The van der Waals surface area contributed by atoms with E-state index in [-0.39, 0.29) is 41.8 Å². The third-order valence-corrected chi connectivity index (χ3v) is 4.49. The number of rotatable bonds is 4. The summed E-state index contributed by atoms with van der Waals surface area (Å²) in [7, 11) is 0. The average Bonchev–Trinajstić information content (AvgIpc) is 2.91. The summed E-state index contributed by atoms with van der Waals surface area (Å²) in [6.07, 6.45) is -4.30. The van der Waals surface area contributed by atoms with Gasteiger partial charge < -0.3 is 4.74 Å². The lowest BCUT2D eigenvalue weighted by atomic mass is 9.95. The highest BCUT2D eigenvalue weighted by atomic mass is 35.5. The minimum atomic E-state index is -4.47. The Balaban J connectivity index is 1.72. The van der Waals surface area contributed by atoms with E-state index >= 15 is 0 Å². The standard InChI is InChI=1S/C19H14ClF3O3/c20-16-7-13(19(21,22)23)4-5-18(16)26-10-11-2-1-3-12(6-11)15-8-14(24)9-17(15)25/h1-7,15H,8-10H2. The van der Waals surface area contributed by atoms with Crippen molar-refractivity contribution in [2.24, 2.45) is 0 Å². The van der Waals surface area contributed by atoms with Crippen molar-refractivity contribution in [2.75, 3.05) is 0 Å². The first-order chi connectivity index (χ1) is 12.2. The molecule has 1 unspecified atom stereocenters. The van der Waals surface area contributed by atoms with Crippen LogP contribution < -0.4 is 4.74 Å². The molecular weight excluding hydrogens is 369 g/mol. The molecule has 0 radical (unpaired) electrons. The molecule has 1 aliphatic carbocycles. The van der Waals surface area contributed by atoms with Crippen LogP contribution in [0.2, 0.25) is 5.02 Å². The predicted octanol–water partition coefficient (Wildman–Crippen LogP) is 4.95. The average molecular weight is 383 g/mol. The molecule has 136 valence electrons. The van der Waals surface area contributed by atoms with Crippen molar-refractivity contribution < 1.29 is 27.5 Å². The van der Waals surface area contributed by atoms with Gasteiger partial charge in [0.25, 0.3) is 0 Å². The molecule has 2 aromatic rings. The molecule has 0 aliphatic heterocycles. The van der Waals surface area contributed by atoms with Crippen LogP contribution >= 0.6 is 11.6 Å². The summed E-state index contributed by atoms with van der Waals surface area (Å²) < 4.78 is 43.5. The number of carbonyl (C=O) groups is 2. The van der Waals surface area contributed by atoms with Crippen LogP contribution in [0.5, 0.6) is 5.75 Å². The minimum Gasteiger partial charge on any atom is -0.487 e. The summed E-state index contributed by atoms with van der Waals surface area (Å²) in [5, 5.41) is -0.132. The van der Waals surface area contributed by atoms with E-state index in [1.807, 2.05) is 0 Å². The van der Waals surface area contributed by atoms with Crippen molar-refractivity contribution in [1.82, 2.24) is 0 Å². The highest BCUT2D eigenvalue weighted by Gasteiger charge is 2.32. The lowest BCUT2D eigenvalue weighted by molar-refractivity contribution is -0.137. The number of benzene rings is 2. The fraction of sp³-hybridized carbons (Fsp3) is 0.263. The maximum Gasteiger partial charge on any atom is 0.416 e. The smallest absolute Gasteiger partial charge is 0.416 e. The van der Waals surface area contributed by atoms with Crippen molar-refractivity contribution in [3.8, 4) is 5.75 Å². The van der Waals surface area contributed by atoms with Crippen molar-refractivity contribution in [3.63, 3.8) is 0 Å². The van der Waals surface area contributed by atoms with Gasteiger partial charge in [-0.1, -0.05) is 35.9 Å². The van der Waals surface area contributed by atoms with Gasteiger partial charge in [-0.15, -0.1) is 0 Å². The first kappa shape index (κ1) is 18.5. The number of Topliss-reactive ketones (excluding diaryl/α,β-unsaturated/α-hetero) is 2. The zero-order valence-electron chi connectivity index (χ0n) is 13.5. The lowest BCUT2D eigenvalue weighted by Gasteiger charge is -2.13. The number of hydrogen-bond acceptors (Lipinski definition) is 3. The van der Waals surface area contributed by atoms with Gasteiger partial charge in [0.05, 0.1) is 22.9 Å². The quantitative estimate of drug-likeness (QED) is 0.702. The minimum absolute atomic E-state index is 0.0352. The Kier molecular flexibility index (Phi) is 5.05. The zero-order valence-corrected chi connectivity index (χ0v) is 14.2. The molecule has 0 saturated heterocycles. The molecule has 0 amide bonds. The van der Waals surface area contributed by atoms with Gasteiger partial charge in [0.2, 0.25) is 0 Å². The Morgan fingerprint density at radius 3 is 2.50 bits per heavy atom. The van der Waals surface area contributed by atoms with Crippen LogP contribution in [-0.4, -0.2) is 11.6 Å². The fourth-order valence-electron chi connectivity index (χ4n) is 2.89. The molecule has 1 atom stereocenters. The normalized spacial score (nSPS) is 17.6. The highest BCUT2D eigenvalue weighted by molar-refractivity contribution is 6.32. The van der Waals surface area contributed by atoms with Gasteiger partial charge in [-0.05, 0) is 29.3 Å². The van der Waals surface area contributed by atoms with E-state index in [0.29, 0.717) is 0 Å². The number of ether oxygens (including phenoxy) is 1. The van der Waals surface area contributed by atoms with Crippen LogP contribution in [0.3, 0.4) is 0 Å². The Labute approximate surface area is 152 Å². The predicted molar refractivity (Wildman–Crippen MR) is 89.2 cm³/mol. The number of alkyl halides is 3. The van der Waals surface area contributed by atoms with Crippen LogP contribution in [-0.2, 0) is 22.4 Å². The van der Waals surface area contributed by atoms with Gasteiger partial charge in [0.15, 0.2) is 0 Å². The van der Waals surface area contributed by atoms with Crippen LogP contribution in [0.15, 0.2) is 42.5 Å². The molecule has 1 fully saturated rings. The van der Waals surface area contributed by atoms with Crippen molar-refractivity contribution in [3.05, 3.63) is 64.2 Å². The number of hydrogen-bond donors (Lipinski definition) is 0. The van der Waals surface area contributed by atoms with E-state index in [1.54, 1.807) is 24.3 Å². The summed E-state index contributed by atoms with van der Waals surface area (Å²) in [6.45, 7) is 0.0772. The van der Waals surface area contributed by atoms with E-state index in [2.05, 4.69) is 0 Å². The van der Waals surface area contributed by atoms with Crippen molar-refractivity contribution in [1.29, 1.82) is 0 Å². The second-order valence-corrected chi connectivity index (χ2v) is 6.52.